The first-order chi connectivity index (χ1) is 14.8. The first-order valence-corrected chi connectivity index (χ1v) is 10.3. The molecule has 0 bridgehead atoms. The molecule has 32 heavy (non-hydrogen) atoms. The summed E-state index contributed by atoms with van der Waals surface area (Å²) in [7, 11) is 0. The van der Waals surface area contributed by atoms with E-state index in [-0.39, 0.29) is 42.6 Å². The van der Waals surface area contributed by atoms with Crippen LogP contribution >= 0.6 is 24.0 Å². The smallest absolute Gasteiger partial charge is 0.416 e. The first-order valence-electron chi connectivity index (χ1n) is 10.3. The van der Waals surface area contributed by atoms with Gasteiger partial charge in [0.15, 0.2) is 5.96 Å². The van der Waals surface area contributed by atoms with Crippen molar-refractivity contribution in [2.24, 2.45) is 4.99 Å². The molecule has 0 unspecified atom stereocenters. The van der Waals surface area contributed by atoms with Gasteiger partial charge in [-0.3, -0.25) is 0 Å². The van der Waals surface area contributed by atoms with Crippen molar-refractivity contribution >= 4 is 35.6 Å². The Balaban J connectivity index is 0.00000363. The zero-order valence-corrected chi connectivity index (χ0v) is 20.7. The third kappa shape index (κ3) is 6.99. The van der Waals surface area contributed by atoms with Crippen molar-refractivity contribution in [3.8, 4) is 0 Å². The lowest BCUT2D eigenvalue weighted by Gasteiger charge is -2.29. The molecule has 0 radical (unpaired) electrons. The van der Waals surface area contributed by atoms with Gasteiger partial charge in [-0.25, -0.2) is 9.98 Å². The summed E-state index contributed by atoms with van der Waals surface area (Å²) in [6.07, 6.45) is -4.47. The normalized spacial score (nSPS) is 14.8. The van der Waals surface area contributed by atoms with Crippen LogP contribution in [0.2, 0.25) is 0 Å². The van der Waals surface area contributed by atoms with E-state index in [2.05, 4.69) is 20.6 Å². The Morgan fingerprint density at radius 1 is 1.19 bits per heavy atom. The number of anilines is 1. The molecule has 1 aromatic heterocycles. The molecule has 2 heterocycles. The van der Waals surface area contributed by atoms with Crippen LogP contribution in [0.1, 0.15) is 35.4 Å². The van der Waals surface area contributed by atoms with Gasteiger partial charge in [-0.2, -0.15) is 13.2 Å². The predicted molar refractivity (Wildman–Crippen MR) is 128 cm³/mol. The summed E-state index contributed by atoms with van der Waals surface area (Å²) in [6.45, 7) is 8.45. The van der Waals surface area contributed by atoms with E-state index in [9.17, 15) is 13.2 Å². The van der Waals surface area contributed by atoms with E-state index in [1.807, 2.05) is 25.7 Å². The lowest BCUT2D eigenvalue weighted by Crippen LogP contribution is -2.37. The van der Waals surface area contributed by atoms with Gasteiger partial charge in [-0.1, -0.05) is 6.07 Å². The number of benzene rings is 1. The maximum absolute atomic E-state index is 13.7. The fourth-order valence-electron chi connectivity index (χ4n) is 3.26. The minimum atomic E-state index is -4.47. The van der Waals surface area contributed by atoms with Crippen LogP contribution in [0.25, 0.3) is 0 Å². The Morgan fingerprint density at radius 2 is 1.91 bits per heavy atom. The maximum Gasteiger partial charge on any atom is 0.416 e. The average molecular weight is 567 g/mol. The lowest BCUT2D eigenvalue weighted by atomic mass is 10.1. The van der Waals surface area contributed by atoms with Gasteiger partial charge >= 0.3 is 6.18 Å². The summed E-state index contributed by atoms with van der Waals surface area (Å²) in [4.78, 5) is 10.5. The minimum absolute atomic E-state index is 0. The number of alkyl halides is 3. The van der Waals surface area contributed by atoms with Gasteiger partial charge in [-0.05, 0) is 38.5 Å². The molecular formula is C21H29F3IN5O2. The number of guanidine groups is 1. The van der Waals surface area contributed by atoms with Gasteiger partial charge in [0.2, 0.25) is 5.89 Å². The molecule has 1 fully saturated rings. The highest BCUT2D eigenvalue weighted by Crippen LogP contribution is 2.35. The second-order valence-corrected chi connectivity index (χ2v) is 7.24. The van der Waals surface area contributed by atoms with E-state index < -0.39 is 11.7 Å². The van der Waals surface area contributed by atoms with Crippen LogP contribution < -0.4 is 15.5 Å². The minimum Gasteiger partial charge on any atom is -0.444 e. The molecule has 2 N–H and O–H groups in total. The van der Waals surface area contributed by atoms with Crippen LogP contribution in [0.3, 0.4) is 0 Å². The predicted octanol–water partition coefficient (Wildman–Crippen LogP) is 4.02. The van der Waals surface area contributed by atoms with Crippen molar-refractivity contribution in [2.75, 3.05) is 37.7 Å². The number of morpholine rings is 1. The van der Waals surface area contributed by atoms with Crippen molar-refractivity contribution in [1.29, 1.82) is 0 Å². The molecule has 0 saturated carbocycles. The highest BCUT2D eigenvalue weighted by molar-refractivity contribution is 14.0. The third-order valence-electron chi connectivity index (χ3n) is 5.01. The van der Waals surface area contributed by atoms with E-state index >= 15 is 0 Å². The lowest BCUT2D eigenvalue weighted by molar-refractivity contribution is -0.138. The number of hydrogen-bond acceptors (Lipinski definition) is 5. The average Bonchev–Trinajstić information content (AvgIpc) is 3.07. The van der Waals surface area contributed by atoms with Crippen LogP contribution in [0.5, 0.6) is 0 Å². The van der Waals surface area contributed by atoms with Crippen molar-refractivity contribution in [1.82, 2.24) is 15.6 Å². The van der Waals surface area contributed by atoms with E-state index in [4.69, 9.17) is 9.15 Å². The molecule has 0 spiro atoms. The van der Waals surface area contributed by atoms with E-state index in [0.29, 0.717) is 50.4 Å². The van der Waals surface area contributed by atoms with Gasteiger partial charge in [0.25, 0.3) is 0 Å². The van der Waals surface area contributed by atoms with Crippen molar-refractivity contribution in [3.63, 3.8) is 0 Å². The summed E-state index contributed by atoms with van der Waals surface area (Å²) in [6, 6.07) is 4.42. The Kier molecular flexibility index (Phi) is 9.62. The van der Waals surface area contributed by atoms with E-state index in [0.717, 1.165) is 11.5 Å². The molecule has 1 aliphatic heterocycles. The molecule has 3 rings (SSSR count). The molecule has 1 saturated heterocycles. The van der Waals surface area contributed by atoms with Crippen LogP contribution in [0.4, 0.5) is 18.9 Å². The number of ether oxygens (including phenoxy) is 1. The Bertz CT molecular complexity index is 892. The zero-order chi connectivity index (χ0) is 22.4. The highest BCUT2D eigenvalue weighted by atomic mass is 127. The fourth-order valence-corrected chi connectivity index (χ4v) is 3.26. The number of aryl methyl sites for hydroxylation is 2. The molecule has 7 nitrogen and oxygen atoms in total. The molecule has 1 aliphatic rings. The number of aromatic nitrogens is 1. The van der Waals surface area contributed by atoms with Crippen molar-refractivity contribution in [2.45, 2.75) is 40.0 Å². The van der Waals surface area contributed by atoms with Gasteiger partial charge in [0.1, 0.15) is 5.76 Å². The summed E-state index contributed by atoms with van der Waals surface area (Å²) in [5.41, 5.74) is 0.788. The number of nitrogens with zero attached hydrogens (tertiary/aromatic N) is 3. The summed E-state index contributed by atoms with van der Waals surface area (Å²) in [5, 5.41) is 6.08. The van der Waals surface area contributed by atoms with Gasteiger partial charge in [0, 0.05) is 25.3 Å². The van der Waals surface area contributed by atoms with Crippen LogP contribution in [-0.2, 0) is 24.0 Å². The summed E-state index contributed by atoms with van der Waals surface area (Å²) < 4.78 is 52.0. The first kappa shape index (κ1) is 26.2. The van der Waals surface area contributed by atoms with Gasteiger partial charge in [-0.15, -0.1) is 24.0 Å². The number of aliphatic imine (C=N–C) groups is 1. The Hall–Kier alpha value is -2.02. The quantitative estimate of drug-likeness (QED) is 0.312. The zero-order valence-electron chi connectivity index (χ0n) is 18.4. The molecule has 0 aliphatic carbocycles. The molecular weight excluding hydrogens is 538 g/mol. The third-order valence-corrected chi connectivity index (χ3v) is 5.01. The molecule has 178 valence electrons. The number of rotatable bonds is 6. The van der Waals surface area contributed by atoms with E-state index in [1.54, 1.807) is 6.07 Å². The van der Waals surface area contributed by atoms with E-state index in [1.165, 1.54) is 12.1 Å². The molecule has 0 atom stereocenters. The second-order valence-electron chi connectivity index (χ2n) is 7.24. The van der Waals surface area contributed by atoms with Gasteiger partial charge < -0.3 is 24.7 Å². The van der Waals surface area contributed by atoms with Crippen LogP contribution in [0, 0.1) is 13.8 Å². The van der Waals surface area contributed by atoms with Crippen LogP contribution in [-0.4, -0.2) is 43.8 Å². The molecule has 1 aromatic carbocycles. The number of nitrogens with one attached hydrogen (secondary N) is 2. The van der Waals surface area contributed by atoms with Gasteiger partial charge in [0.05, 0.1) is 37.6 Å². The molecule has 0 amide bonds. The SMILES string of the molecule is CCNC(=NCc1ccc(N2CCOCC2)cc1C(F)(F)F)NCc1nc(C)c(C)o1.I. The summed E-state index contributed by atoms with van der Waals surface area (Å²) in [5.74, 6) is 1.61. The molecule has 11 heteroatoms. The van der Waals surface area contributed by atoms with Crippen LogP contribution in [0.15, 0.2) is 27.6 Å². The second kappa shape index (κ2) is 11.7. The number of halogens is 4. The number of oxazole rings is 1. The highest BCUT2D eigenvalue weighted by Gasteiger charge is 2.34. The standard InChI is InChI=1S/C21H28F3N5O2.HI/c1-4-25-20(27-13-19-28-14(2)15(3)31-19)26-12-16-5-6-17(11-18(16)21(22,23)24)29-7-9-30-10-8-29;/h5-6,11H,4,7-10,12-13H2,1-3H3,(H2,25,26,27);1H. The Labute approximate surface area is 202 Å². The summed E-state index contributed by atoms with van der Waals surface area (Å²) >= 11 is 0. The maximum atomic E-state index is 13.7. The largest absolute Gasteiger partial charge is 0.444 e. The van der Waals surface area contributed by atoms with Crippen molar-refractivity contribution < 1.29 is 22.3 Å². The topological polar surface area (TPSA) is 74.9 Å². The number of hydrogen-bond donors (Lipinski definition) is 2. The van der Waals surface area contributed by atoms with Crippen molar-refractivity contribution in [3.05, 3.63) is 46.7 Å². The monoisotopic (exact) mass is 567 g/mol. The fraction of sp³-hybridized carbons (Fsp3) is 0.524. The molecule has 2 aromatic rings. The Morgan fingerprint density at radius 3 is 2.50 bits per heavy atom.